The molecule has 0 spiro atoms. The van der Waals surface area contributed by atoms with Crippen LogP contribution in [-0.4, -0.2) is 12.6 Å². The molecule has 1 aliphatic rings. The van der Waals surface area contributed by atoms with Gasteiger partial charge in [0.2, 0.25) is 0 Å². The average molecular weight is 262 g/mol. The van der Waals surface area contributed by atoms with Gasteiger partial charge in [-0.3, -0.25) is 0 Å². The van der Waals surface area contributed by atoms with Gasteiger partial charge in [-0.15, -0.1) is 12.4 Å². The molecule has 2 nitrogen and oxygen atoms in total. The summed E-state index contributed by atoms with van der Waals surface area (Å²) in [5.41, 5.74) is 9.39. The SMILES string of the molecule is Cl.NCC1Cc2cc(-c3ccccc3)ccc2O1. The highest BCUT2D eigenvalue weighted by Gasteiger charge is 2.21. The van der Waals surface area contributed by atoms with Crippen LogP contribution in [0, 0.1) is 0 Å². The van der Waals surface area contributed by atoms with Gasteiger partial charge in [-0.2, -0.15) is 0 Å². The quantitative estimate of drug-likeness (QED) is 0.902. The minimum atomic E-state index is 0. The van der Waals surface area contributed by atoms with Gasteiger partial charge in [0.15, 0.2) is 0 Å². The molecule has 0 fully saturated rings. The smallest absolute Gasteiger partial charge is 0.123 e. The molecule has 2 aromatic carbocycles. The van der Waals surface area contributed by atoms with Gasteiger partial charge in [-0.1, -0.05) is 36.4 Å². The summed E-state index contributed by atoms with van der Waals surface area (Å²) in [5.74, 6) is 0.986. The van der Waals surface area contributed by atoms with E-state index >= 15 is 0 Å². The maximum Gasteiger partial charge on any atom is 0.123 e. The van der Waals surface area contributed by atoms with Crippen LogP contribution < -0.4 is 10.5 Å². The van der Waals surface area contributed by atoms with Crippen molar-refractivity contribution in [3.63, 3.8) is 0 Å². The number of halogens is 1. The third-order valence-corrected chi connectivity index (χ3v) is 3.17. The summed E-state index contributed by atoms with van der Waals surface area (Å²) in [6.45, 7) is 0.579. The number of rotatable bonds is 2. The summed E-state index contributed by atoms with van der Waals surface area (Å²) < 4.78 is 5.72. The Morgan fingerprint density at radius 1 is 1.06 bits per heavy atom. The van der Waals surface area contributed by atoms with Gasteiger partial charge in [-0.25, -0.2) is 0 Å². The van der Waals surface area contributed by atoms with Crippen molar-refractivity contribution in [3.05, 3.63) is 54.1 Å². The number of hydrogen-bond acceptors (Lipinski definition) is 2. The molecule has 1 atom stereocenters. The van der Waals surface area contributed by atoms with E-state index in [4.69, 9.17) is 10.5 Å². The van der Waals surface area contributed by atoms with E-state index in [9.17, 15) is 0 Å². The highest BCUT2D eigenvalue weighted by atomic mass is 35.5. The molecule has 1 aliphatic heterocycles. The van der Waals surface area contributed by atoms with E-state index < -0.39 is 0 Å². The molecule has 2 aromatic rings. The monoisotopic (exact) mass is 261 g/mol. The van der Waals surface area contributed by atoms with Crippen molar-refractivity contribution in [1.82, 2.24) is 0 Å². The third-order valence-electron chi connectivity index (χ3n) is 3.17. The maximum absolute atomic E-state index is 5.72. The molecule has 0 bridgehead atoms. The first-order chi connectivity index (χ1) is 8.36. The van der Waals surface area contributed by atoms with E-state index in [0.717, 1.165) is 12.2 Å². The van der Waals surface area contributed by atoms with Crippen LogP contribution in [0.2, 0.25) is 0 Å². The fourth-order valence-electron chi connectivity index (χ4n) is 2.26. The molecule has 3 rings (SSSR count). The molecule has 0 radical (unpaired) electrons. The van der Waals surface area contributed by atoms with Gasteiger partial charge in [-0.05, 0) is 28.8 Å². The number of ether oxygens (including phenoxy) is 1. The number of fused-ring (bicyclic) bond motifs is 1. The summed E-state index contributed by atoms with van der Waals surface area (Å²) in [7, 11) is 0. The van der Waals surface area contributed by atoms with E-state index in [1.165, 1.54) is 16.7 Å². The highest BCUT2D eigenvalue weighted by Crippen LogP contribution is 2.32. The lowest BCUT2D eigenvalue weighted by Gasteiger charge is -2.06. The van der Waals surface area contributed by atoms with Crippen molar-refractivity contribution in [2.45, 2.75) is 12.5 Å². The molecule has 2 N–H and O–H groups in total. The van der Waals surface area contributed by atoms with E-state index in [0.29, 0.717) is 6.54 Å². The van der Waals surface area contributed by atoms with Crippen LogP contribution in [0.1, 0.15) is 5.56 Å². The average Bonchev–Trinajstić information content (AvgIpc) is 2.81. The fraction of sp³-hybridized carbons (Fsp3) is 0.200. The third kappa shape index (κ3) is 2.35. The Bertz CT molecular complexity index is 527. The molecule has 1 heterocycles. The summed E-state index contributed by atoms with van der Waals surface area (Å²) in [6, 6.07) is 16.8. The van der Waals surface area contributed by atoms with Gasteiger partial charge in [0.25, 0.3) is 0 Å². The van der Waals surface area contributed by atoms with Gasteiger partial charge in [0.05, 0.1) is 0 Å². The van der Waals surface area contributed by atoms with Gasteiger partial charge < -0.3 is 10.5 Å². The molecule has 0 aromatic heterocycles. The highest BCUT2D eigenvalue weighted by molar-refractivity contribution is 5.85. The van der Waals surface area contributed by atoms with E-state index in [1.807, 2.05) is 12.1 Å². The lowest BCUT2D eigenvalue weighted by molar-refractivity contribution is 0.241. The summed E-state index contributed by atoms with van der Waals surface area (Å²) in [4.78, 5) is 0. The predicted molar refractivity (Wildman–Crippen MR) is 76.3 cm³/mol. The van der Waals surface area contributed by atoms with Crippen LogP contribution in [0.5, 0.6) is 5.75 Å². The molecule has 3 heteroatoms. The minimum absolute atomic E-state index is 0. The maximum atomic E-state index is 5.72. The second-order valence-corrected chi connectivity index (χ2v) is 4.37. The van der Waals surface area contributed by atoms with E-state index in [-0.39, 0.29) is 18.5 Å². The van der Waals surface area contributed by atoms with Crippen molar-refractivity contribution in [1.29, 1.82) is 0 Å². The molecule has 0 saturated heterocycles. The van der Waals surface area contributed by atoms with Crippen LogP contribution in [-0.2, 0) is 6.42 Å². The first-order valence-corrected chi connectivity index (χ1v) is 5.92. The molecule has 1 unspecified atom stereocenters. The Hall–Kier alpha value is -1.51. The molecule has 94 valence electrons. The topological polar surface area (TPSA) is 35.2 Å². The first kappa shape index (κ1) is 12.9. The zero-order valence-electron chi connectivity index (χ0n) is 10.0. The Morgan fingerprint density at radius 2 is 1.83 bits per heavy atom. The fourth-order valence-corrected chi connectivity index (χ4v) is 2.26. The number of nitrogens with two attached hydrogens (primary N) is 1. The molecular formula is C15H16ClNO. The number of hydrogen-bond donors (Lipinski definition) is 1. The molecule has 0 aliphatic carbocycles. The zero-order chi connectivity index (χ0) is 11.7. The largest absolute Gasteiger partial charge is 0.488 e. The molecule has 0 saturated carbocycles. The Labute approximate surface area is 113 Å². The van der Waals surface area contributed by atoms with Crippen molar-refractivity contribution in [2.24, 2.45) is 5.73 Å². The minimum Gasteiger partial charge on any atom is -0.488 e. The van der Waals surface area contributed by atoms with Crippen LogP contribution in [0.15, 0.2) is 48.5 Å². The normalized spacial score (nSPS) is 16.6. The van der Waals surface area contributed by atoms with Crippen LogP contribution >= 0.6 is 12.4 Å². The number of benzene rings is 2. The van der Waals surface area contributed by atoms with Crippen molar-refractivity contribution in [2.75, 3.05) is 6.54 Å². The summed E-state index contributed by atoms with van der Waals surface area (Å²) >= 11 is 0. The summed E-state index contributed by atoms with van der Waals surface area (Å²) in [6.07, 6.45) is 1.07. The van der Waals surface area contributed by atoms with E-state index in [1.54, 1.807) is 0 Å². The zero-order valence-corrected chi connectivity index (χ0v) is 10.8. The van der Waals surface area contributed by atoms with Crippen LogP contribution in [0.3, 0.4) is 0 Å². The Morgan fingerprint density at radius 3 is 2.56 bits per heavy atom. The lowest BCUT2D eigenvalue weighted by atomic mass is 10.0. The lowest BCUT2D eigenvalue weighted by Crippen LogP contribution is -2.24. The summed E-state index contributed by atoms with van der Waals surface area (Å²) in [5, 5.41) is 0. The van der Waals surface area contributed by atoms with Crippen molar-refractivity contribution >= 4 is 12.4 Å². The second kappa shape index (κ2) is 5.42. The van der Waals surface area contributed by atoms with Crippen molar-refractivity contribution < 1.29 is 4.74 Å². The Kier molecular flexibility index (Phi) is 3.90. The van der Waals surface area contributed by atoms with Gasteiger partial charge >= 0.3 is 0 Å². The van der Waals surface area contributed by atoms with Crippen LogP contribution in [0.25, 0.3) is 11.1 Å². The van der Waals surface area contributed by atoms with Crippen LogP contribution in [0.4, 0.5) is 0 Å². The van der Waals surface area contributed by atoms with Gasteiger partial charge in [0, 0.05) is 13.0 Å². The molecular weight excluding hydrogens is 246 g/mol. The van der Waals surface area contributed by atoms with Gasteiger partial charge in [0.1, 0.15) is 11.9 Å². The molecule has 0 amide bonds. The second-order valence-electron chi connectivity index (χ2n) is 4.37. The Balaban J connectivity index is 0.00000120. The van der Waals surface area contributed by atoms with Crippen molar-refractivity contribution in [3.8, 4) is 16.9 Å². The standard InChI is InChI=1S/C15H15NO.ClH/c16-10-14-9-13-8-12(6-7-15(13)17-14)11-4-2-1-3-5-11;/h1-8,14H,9-10,16H2;1H. The van der Waals surface area contributed by atoms with E-state index in [2.05, 4.69) is 36.4 Å². The molecule has 18 heavy (non-hydrogen) atoms. The predicted octanol–water partition coefficient (Wildman–Crippen LogP) is 3.04. The first-order valence-electron chi connectivity index (χ1n) is 5.92.